The van der Waals surface area contributed by atoms with Gasteiger partial charge in [0.1, 0.15) is 5.75 Å². The molecule has 3 amide bonds. The quantitative estimate of drug-likeness (QED) is 0.190. The molecule has 1 aromatic carbocycles. The third-order valence-electron chi connectivity index (χ3n) is 3.85. The maximum Gasteiger partial charge on any atom is 0.303 e. The van der Waals surface area contributed by atoms with Crippen molar-refractivity contribution in [1.82, 2.24) is 10.4 Å². The van der Waals surface area contributed by atoms with E-state index in [2.05, 4.69) is 10.6 Å². The first kappa shape index (κ1) is 24.7. The van der Waals surface area contributed by atoms with Crippen LogP contribution in [0.5, 0.6) is 5.75 Å². The number of nitrogens with zero attached hydrogens (tertiary/aromatic N) is 1. The first-order valence-electron chi connectivity index (χ1n) is 9.41. The smallest absolute Gasteiger partial charge is 0.303 e. The highest BCUT2D eigenvalue weighted by atomic mass is 16.7. The third kappa shape index (κ3) is 9.24. The summed E-state index contributed by atoms with van der Waals surface area (Å²) in [4.78, 5) is 51.2. The van der Waals surface area contributed by atoms with Gasteiger partial charge in [-0.15, -0.1) is 0 Å². The molecular formula is C19H28N4O7. The number of carbonyl (C=O) groups is 4. The molecule has 0 aliphatic rings. The number of hydroxylamine groups is 2. The fourth-order valence-electron chi connectivity index (χ4n) is 2.40. The molecule has 166 valence electrons. The predicted molar refractivity (Wildman–Crippen MR) is 107 cm³/mol. The molecule has 11 nitrogen and oxygen atoms in total. The standard InChI is InChI=1S/C19H28N4O7/c1-3-23(29-2)19(28)18(22-16(25)10-9-15(20)24)21-13-6-4-7-14(12-13)30-11-5-8-17(26)27/h4,6-7,12,18,21H,3,5,8-11H2,1-2H3,(H2,20,24)(H,22,25)(H,26,27). The zero-order valence-electron chi connectivity index (χ0n) is 17.1. The average Bonchev–Trinajstić information content (AvgIpc) is 2.70. The van der Waals surface area contributed by atoms with Crippen LogP contribution >= 0.6 is 0 Å². The molecule has 30 heavy (non-hydrogen) atoms. The molecule has 1 rings (SSSR count). The van der Waals surface area contributed by atoms with Crippen LogP contribution in [0, 0.1) is 0 Å². The van der Waals surface area contributed by atoms with Gasteiger partial charge in [-0.2, -0.15) is 0 Å². The zero-order valence-corrected chi connectivity index (χ0v) is 17.1. The second-order valence-corrected chi connectivity index (χ2v) is 6.20. The average molecular weight is 424 g/mol. The second-order valence-electron chi connectivity index (χ2n) is 6.20. The van der Waals surface area contributed by atoms with E-state index in [1.807, 2.05) is 0 Å². The minimum atomic E-state index is -1.16. The number of nitrogens with one attached hydrogen (secondary N) is 2. The van der Waals surface area contributed by atoms with Crippen molar-refractivity contribution >= 4 is 29.4 Å². The Labute approximate surface area is 174 Å². The van der Waals surface area contributed by atoms with E-state index >= 15 is 0 Å². The lowest BCUT2D eigenvalue weighted by atomic mass is 10.2. The number of aliphatic carboxylic acids is 1. The molecule has 0 aromatic heterocycles. The van der Waals surface area contributed by atoms with Crippen LogP contribution in [0.3, 0.4) is 0 Å². The van der Waals surface area contributed by atoms with Crippen molar-refractivity contribution in [3.8, 4) is 5.75 Å². The number of anilines is 1. The van der Waals surface area contributed by atoms with Gasteiger partial charge in [-0.25, -0.2) is 5.06 Å². The molecule has 0 radical (unpaired) electrons. The van der Waals surface area contributed by atoms with Gasteiger partial charge in [0, 0.05) is 37.6 Å². The Kier molecular flexibility index (Phi) is 10.7. The lowest BCUT2D eigenvalue weighted by Crippen LogP contribution is -2.52. The Hall–Kier alpha value is -3.34. The van der Waals surface area contributed by atoms with Crippen LogP contribution < -0.4 is 21.1 Å². The van der Waals surface area contributed by atoms with Crippen LogP contribution in [0.2, 0.25) is 0 Å². The summed E-state index contributed by atoms with van der Waals surface area (Å²) < 4.78 is 5.51. The number of nitrogens with two attached hydrogens (primary N) is 1. The van der Waals surface area contributed by atoms with E-state index in [9.17, 15) is 19.2 Å². The van der Waals surface area contributed by atoms with Gasteiger partial charge in [0.15, 0.2) is 6.17 Å². The lowest BCUT2D eigenvalue weighted by molar-refractivity contribution is -0.176. The molecule has 1 atom stereocenters. The molecule has 0 aliphatic heterocycles. The molecule has 0 saturated carbocycles. The van der Waals surface area contributed by atoms with Crippen molar-refractivity contribution in [1.29, 1.82) is 0 Å². The van der Waals surface area contributed by atoms with Gasteiger partial charge in [0.2, 0.25) is 11.8 Å². The van der Waals surface area contributed by atoms with Gasteiger partial charge in [0.05, 0.1) is 13.7 Å². The largest absolute Gasteiger partial charge is 0.494 e. The fourth-order valence-corrected chi connectivity index (χ4v) is 2.40. The van der Waals surface area contributed by atoms with Crippen molar-refractivity contribution in [3.05, 3.63) is 24.3 Å². The number of benzene rings is 1. The molecule has 0 heterocycles. The van der Waals surface area contributed by atoms with Crippen molar-refractivity contribution in [2.45, 2.75) is 38.8 Å². The molecule has 0 aliphatic carbocycles. The molecular weight excluding hydrogens is 396 g/mol. The van der Waals surface area contributed by atoms with E-state index in [-0.39, 0.29) is 32.4 Å². The number of likely N-dealkylation sites (N-methyl/N-ethyl adjacent to an activating group) is 1. The summed E-state index contributed by atoms with van der Waals surface area (Å²) in [5.74, 6) is -2.13. The van der Waals surface area contributed by atoms with Gasteiger partial charge >= 0.3 is 5.97 Å². The summed E-state index contributed by atoms with van der Waals surface area (Å²) in [6.07, 6.45) is -1.12. The van der Waals surface area contributed by atoms with Crippen molar-refractivity contribution < 1.29 is 33.9 Å². The number of rotatable bonds is 14. The predicted octanol–water partition coefficient (Wildman–Crippen LogP) is 0.460. The molecule has 1 unspecified atom stereocenters. The van der Waals surface area contributed by atoms with Gasteiger partial charge in [-0.1, -0.05) is 6.07 Å². The first-order valence-corrected chi connectivity index (χ1v) is 9.41. The van der Waals surface area contributed by atoms with Crippen molar-refractivity contribution in [2.24, 2.45) is 5.73 Å². The summed E-state index contributed by atoms with van der Waals surface area (Å²) >= 11 is 0. The van der Waals surface area contributed by atoms with E-state index in [1.54, 1.807) is 31.2 Å². The van der Waals surface area contributed by atoms with E-state index in [0.717, 1.165) is 5.06 Å². The van der Waals surface area contributed by atoms with Crippen molar-refractivity contribution in [2.75, 3.05) is 25.6 Å². The number of hydrogen-bond donors (Lipinski definition) is 4. The highest BCUT2D eigenvalue weighted by Gasteiger charge is 2.26. The summed E-state index contributed by atoms with van der Waals surface area (Å²) in [5.41, 5.74) is 5.53. The Bertz CT molecular complexity index is 737. The highest BCUT2D eigenvalue weighted by molar-refractivity contribution is 5.90. The Balaban J connectivity index is 2.85. The maximum atomic E-state index is 12.7. The number of ether oxygens (including phenoxy) is 1. The van der Waals surface area contributed by atoms with Gasteiger partial charge < -0.3 is 26.2 Å². The monoisotopic (exact) mass is 424 g/mol. The molecule has 0 fully saturated rings. The topological polar surface area (TPSA) is 160 Å². The molecule has 0 bridgehead atoms. The van der Waals surface area contributed by atoms with Crippen LogP contribution in [0.15, 0.2) is 24.3 Å². The number of carboxylic acid groups (broad SMARTS) is 1. The number of primary amides is 1. The van der Waals surface area contributed by atoms with E-state index in [4.69, 9.17) is 20.4 Å². The third-order valence-corrected chi connectivity index (χ3v) is 3.85. The summed E-state index contributed by atoms with van der Waals surface area (Å²) in [7, 11) is 1.33. The van der Waals surface area contributed by atoms with Crippen LogP contribution in [0.1, 0.15) is 32.6 Å². The normalized spacial score (nSPS) is 11.3. The molecule has 1 aromatic rings. The molecule has 0 spiro atoms. The minimum absolute atomic E-state index is 0.00424. The van der Waals surface area contributed by atoms with Gasteiger partial charge in [0.25, 0.3) is 5.91 Å². The van der Waals surface area contributed by atoms with E-state index in [0.29, 0.717) is 17.9 Å². The number of hydrogen-bond acceptors (Lipinski definition) is 7. The molecule has 0 saturated heterocycles. The van der Waals surface area contributed by atoms with Crippen molar-refractivity contribution in [3.63, 3.8) is 0 Å². The highest BCUT2D eigenvalue weighted by Crippen LogP contribution is 2.18. The van der Waals surface area contributed by atoms with E-state index in [1.165, 1.54) is 7.11 Å². The van der Waals surface area contributed by atoms with Gasteiger partial charge in [-0.05, 0) is 25.5 Å². The SMILES string of the molecule is CCN(OC)C(=O)C(NC(=O)CCC(N)=O)Nc1cccc(OCCCC(=O)O)c1. The lowest BCUT2D eigenvalue weighted by Gasteiger charge is -2.26. The molecule has 11 heteroatoms. The summed E-state index contributed by atoms with van der Waals surface area (Å²) in [6, 6.07) is 6.64. The van der Waals surface area contributed by atoms with Crippen LogP contribution in [-0.2, 0) is 24.0 Å². The van der Waals surface area contributed by atoms with Crippen LogP contribution in [0.4, 0.5) is 5.69 Å². The second kappa shape index (κ2) is 13.0. The molecule has 5 N–H and O–H groups in total. The zero-order chi connectivity index (χ0) is 22.5. The summed E-state index contributed by atoms with van der Waals surface area (Å²) in [6.45, 7) is 2.17. The van der Waals surface area contributed by atoms with Crippen LogP contribution in [0.25, 0.3) is 0 Å². The fraction of sp³-hybridized carbons (Fsp3) is 0.474. The number of carboxylic acids is 1. The Morgan fingerprint density at radius 1 is 1.20 bits per heavy atom. The van der Waals surface area contributed by atoms with Crippen LogP contribution in [-0.4, -0.2) is 60.3 Å². The van der Waals surface area contributed by atoms with E-state index < -0.39 is 29.9 Å². The van der Waals surface area contributed by atoms with Gasteiger partial charge in [-0.3, -0.25) is 24.0 Å². The minimum Gasteiger partial charge on any atom is -0.494 e. The number of carbonyl (C=O) groups excluding carboxylic acids is 3. The maximum absolute atomic E-state index is 12.7. The Morgan fingerprint density at radius 3 is 2.53 bits per heavy atom. The summed E-state index contributed by atoms with van der Waals surface area (Å²) in [5, 5.41) is 15.1. The number of amides is 3. The first-order chi connectivity index (χ1) is 14.3. The Morgan fingerprint density at radius 2 is 1.93 bits per heavy atom.